The van der Waals surface area contributed by atoms with Gasteiger partial charge in [0, 0.05) is 17.2 Å². The summed E-state index contributed by atoms with van der Waals surface area (Å²) < 4.78 is 15.8. The highest BCUT2D eigenvalue weighted by Crippen LogP contribution is 2.23. The summed E-state index contributed by atoms with van der Waals surface area (Å²) in [7, 11) is 1.62. The van der Waals surface area contributed by atoms with Gasteiger partial charge in [-0.2, -0.15) is 0 Å². The monoisotopic (exact) mass is 352 g/mol. The molecule has 1 amide bonds. The Kier molecular flexibility index (Phi) is 5.53. The Labute approximate surface area is 151 Å². The summed E-state index contributed by atoms with van der Waals surface area (Å²) in [6, 6.07) is 16.3. The van der Waals surface area contributed by atoms with Gasteiger partial charge >= 0.3 is 0 Å². The number of carbonyl (C=O) groups excluding carboxylic acids is 1. The van der Waals surface area contributed by atoms with Gasteiger partial charge < -0.3 is 19.3 Å². The molecule has 0 atom stereocenters. The number of methoxy groups -OCH3 is 1. The minimum absolute atomic E-state index is 0.179. The highest BCUT2D eigenvalue weighted by atomic mass is 16.5. The van der Waals surface area contributed by atoms with E-state index in [9.17, 15) is 4.79 Å². The number of amides is 1. The maximum Gasteiger partial charge on any atom is 0.251 e. The van der Waals surface area contributed by atoms with Gasteiger partial charge in [-0.1, -0.05) is 5.16 Å². The van der Waals surface area contributed by atoms with Crippen molar-refractivity contribution >= 4 is 5.91 Å². The topological polar surface area (TPSA) is 73.6 Å². The Bertz CT molecular complexity index is 854. The molecule has 26 heavy (non-hydrogen) atoms. The van der Waals surface area contributed by atoms with E-state index < -0.39 is 0 Å². The van der Waals surface area contributed by atoms with Crippen molar-refractivity contribution in [2.45, 2.75) is 13.5 Å². The number of rotatable bonds is 7. The van der Waals surface area contributed by atoms with Crippen LogP contribution in [-0.2, 0) is 6.54 Å². The van der Waals surface area contributed by atoms with Crippen LogP contribution in [-0.4, -0.2) is 24.8 Å². The minimum atomic E-state index is -0.179. The van der Waals surface area contributed by atoms with Gasteiger partial charge in [0.05, 0.1) is 20.3 Å². The van der Waals surface area contributed by atoms with Gasteiger partial charge in [-0.05, 0) is 55.5 Å². The van der Waals surface area contributed by atoms with E-state index in [1.807, 2.05) is 31.2 Å². The first-order valence-electron chi connectivity index (χ1n) is 8.30. The quantitative estimate of drug-likeness (QED) is 0.702. The van der Waals surface area contributed by atoms with E-state index >= 15 is 0 Å². The number of aromatic nitrogens is 1. The summed E-state index contributed by atoms with van der Waals surface area (Å²) in [6.07, 6.45) is 0. The van der Waals surface area contributed by atoms with E-state index in [1.165, 1.54) is 0 Å². The molecule has 0 fully saturated rings. The smallest absolute Gasteiger partial charge is 0.251 e. The Morgan fingerprint density at radius 2 is 1.77 bits per heavy atom. The summed E-state index contributed by atoms with van der Waals surface area (Å²) in [5.74, 6) is 1.97. The van der Waals surface area contributed by atoms with Crippen LogP contribution in [0.4, 0.5) is 0 Å². The Hall–Kier alpha value is -3.28. The first kappa shape index (κ1) is 17.5. The average Bonchev–Trinajstić information content (AvgIpc) is 3.16. The van der Waals surface area contributed by atoms with Crippen molar-refractivity contribution < 1.29 is 18.8 Å². The minimum Gasteiger partial charge on any atom is -0.497 e. The highest BCUT2D eigenvalue weighted by molar-refractivity contribution is 5.94. The second-order valence-electron chi connectivity index (χ2n) is 5.55. The number of nitrogens with one attached hydrogen (secondary N) is 1. The zero-order valence-electron chi connectivity index (χ0n) is 14.7. The van der Waals surface area contributed by atoms with Crippen molar-refractivity contribution in [3.05, 3.63) is 65.9 Å². The predicted octanol–water partition coefficient (Wildman–Crippen LogP) is 3.68. The summed E-state index contributed by atoms with van der Waals surface area (Å²) >= 11 is 0. The lowest BCUT2D eigenvalue weighted by molar-refractivity contribution is 0.0950. The molecule has 134 valence electrons. The van der Waals surface area contributed by atoms with Gasteiger partial charge in [-0.15, -0.1) is 0 Å². The van der Waals surface area contributed by atoms with E-state index in [0.29, 0.717) is 23.6 Å². The van der Waals surface area contributed by atoms with Crippen molar-refractivity contribution in [2.24, 2.45) is 0 Å². The van der Waals surface area contributed by atoms with Crippen LogP contribution in [0, 0.1) is 0 Å². The molecule has 0 saturated heterocycles. The molecule has 0 aliphatic carbocycles. The molecule has 2 aromatic carbocycles. The first-order chi connectivity index (χ1) is 12.7. The molecule has 0 saturated carbocycles. The van der Waals surface area contributed by atoms with Crippen molar-refractivity contribution in [3.63, 3.8) is 0 Å². The molecule has 1 N–H and O–H groups in total. The molecule has 0 aliphatic heterocycles. The molecule has 0 bridgehead atoms. The fraction of sp³-hybridized carbons (Fsp3) is 0.200. The summed E-state index contributed by atoms with van der Waals surface area (Å²) in [5, 5.41) is 6.83. The van der Waals surface area contributed by atoms with Gasteiger partial charge in [-0.3, -0.25) is 4.79 Å². The zero-order chi connectivity index (χ0) is 18.4. The number of nitrogens with zero attached hydrogens (tertiary/aromatic N) is 1. The number of carbonyl (C=O) groups is 1. The molecular formula is C20H20N2O4. The molecule has 0 spiro atoms. The molecule has 3 aromatic rings. The van der Waals surface area contributed by atoms with Crippen LogP contribution in [0.25, 0.3) is 11.3 Å². The molecule has 6 heteroatoms. The first-order valence-corrected chi connectivity index (χ1v) is 8.30. The van der Waals surface area contributed by atoms with Crippen LogP contribution < -0.4 is 14.8 Å². The van der Waals surface area contributed by atoms with E-state index in [-0.39, 0.29) is 12.5 Å². The van der Waals surface area contributed by atoms with Gasteiger partial charge in [0.15, 0.2) is 5.76 Å². The molecule has 0 unspecified atom stereocenters. The van der Waals surface area contributed by atoms with Crippen LogP contribution in [0.15, 0.2) is 59.1 Å². The van der Waals surface area contributed by atoms with Crippen LogP contribution in [0.5, 0.6) is 11.5 Å². The van der Waals surface area contributed by atoms with E-state index in [2.05, 4.69) is 10.5 Å². The SMILES string of the molecule is CCOc1ccc(C(=O)NCc2cc(-c3ccc(OC)cc3)on2)cc1. The van der Waals surface area contributed by atoms with E-state index in [0.717, 1.165) is 17.1 Å². The molecule has 1 heterocycles. The second kappa shape index (κ2) is 8.20. The fourth-order valence-corrected chi connectivity index (χ4v) is 2.43. The van der Waals surface area contributed by atoms with Crippen LogP contribution in [0.1, 0.15) is 23.0 Å². The van der Waals surface area contributed by atoms with Gasteiger partial charge in [-0.25, -0.2) is 0 Å². The summed E-state index contributed by atoms with van der Waals surface area (Å²) in [5.41, 5.74) is 2.10. The van der Waals surface area contributed by atoms with Gasteiger partial charge in [0.25, 0.3) is 5.91 Å². The number of benzene rings is 2. The largest absolute Gasteiger partial charge is 0.497 e. The maximum atomic E-state index is 12.2. The lowest BCUT2D eigenvalue weighted by Gasteiger charge is -2.05. The molecule has 1 aromatic heterocycles. The lowest BCUT2D eigenvalue weighted by atomic mass is 10.1. The third-order valence-electron chi connectivity index (χ3n) is 3.79. The normalized spacial score (nSPS) is 10.4. The van der Waals surface area contributed by atoms with E-state index in [4.69, 9.17) is 14.0 Å². The van der Waals surface area contributed by atoms with Crippen LogP contribution in [0.3, 0.4) is 0 Å². The van der Waals surface area contributed by atoms with Crippen molar-refractivity contribution in [2.75, 3.05) is 13.7 Å². The Morgan fingerprint density at radius 3 is 2.42 bits per heavy atom. The van der Waals surface area contributed by atoms with Gasteiger partial charge in [0.2, 0.25) is 0 Å². The van der Waals surface area contributed by atoms with Crippen molar-refractivity contribution in [3.8, 4) is 22.8 Å². The summed E-state index contributed by atoms with van der Waals surface area (Å²) in [4.78, 5) is 12.2. The lowest BCUT2D eigenvalue weighted by Crippen LogP contribution is -2.22. The third kappa shape index (κ3) is 4.22. The number of hydrogen-bond donors (Lipinski definition) is 1. The maximum absolute atomic E-state index is 12.2. The number of hydrogen-bond acceptors (Lipinski definition) is 5. The molecule has 0 aliphatic rings. The number of ether oxygens (including phenoxy) is 2. The highest BCUT2D eigenvalue weighted by Gasteiger charge is 2.10. The second-order valence-corrected chi connectivity index (χ2v) is 5.55. The zero-order valence-corrected chi connectivity index (χ0v) is 14.7. The Morgan fingerprint density at radius 1 is 1.08 bits per heavy atom. The van der Waals surface area contributed by atoms with Crippen LogP contribution in [0.2, 0.25) is 0 Å². The average molecular weight is 352 g/mol. The van der Waals surface area contributed by atoms with Crippen molar-refractivity contribution in [1.82, 2.24) is 10.5 Å². The summed E-state index contributed by atoms with van der Waals surface area (Å²) in [6.45, 7) is 2.79. The van der Waals surface area contributed by atoms with E-state index in [1.54, 1.807) is 37.4 Å². The third-order valence-corrected chi connectivity index (χ3v) is 3.79. The van der Waals surface area contributed by atoms with Crippen molar-refractivity contribution in [1.29, 1.82) is 0 Å². The van der Waals surface area contributed by atoms with Gasteiger partial charge in [0.1, 0.15) is 17.2 Å². The fourth-order valence-electron chi connectivity index (χ4n) is 2.43. The Balaban J connectivity index is 1.59. The molecule has 0 radical (unpaired) electrons. The standard InChI is InChI=1S/C20H20N2O4/c1-3-25-18-10-6-15(7-11-18)20(23)21-13-16-12-19(26-22-16)14-4-8-17(24-2)9-5-14/h4-12H,3,13H2,1-2H3,(H,21,23). The predicted molar refractivity (Wildman–Crippen MR) is 97.3 cm³/mol. The van der Waals surface area contributed by atoms with Crippen LogP contribution >= 0.6 is 0 Å². The molecular weight excluding hydrogens is 332 g/mol. The molecule has 6 nitrogen and oxygen atoms in total. The molecule has 3 rings (SSSR count).